The quantitative estimate of drug-likeness (QED) is 0.492. The van der Waals surface area contributed by atoms with Crippen LogP contribution in [-0.2, 0) is 26.1 Å². The van der Waals surface area contributed by atoms with Gasteiger partial charge in [0, 0.05) is 13.1 Å². The van der Waals surface area contributed by atoms with Crippen LogP contribution >= 0.6 is 0 Å². The number of aromatic hydroxyl groups is 1. The molecule has 168 valence electrons. The summed E-state index contributed by atoms with van der Waals surface area (Å²) in [7, 11) is 0. The molecule has 32 heavy (non-hydrogen) atoms. The van der Waals surface area contributed by atoms with Crippen LogP contribution in [0.25, 0.3) is 16.9 Å². The first-order chi connectivity index (χ1) is 15.3. The molecule has 0 atom stereocenters. The number of imidazole rings is 1. The Bertz CT molecular complexity index is 1510. The maximum Gasteiger partial charge on any atom is 0.332 e. The zero-order valence-electron chi connectivity index (χ0n) is 18.1. The first-order valence-corrected chi connectivity index (χ1v) is 10.6. The Morgan fingerprint density at radius 2 is 1.59 bits per heavy atom. The van der Waals surface area contributed by atoms with Crippen molar-refractivity contribution in [3.8, 4) is 5.88 Å². The molecule has 0 aliphatic heterocycles. The molecule has 0 aliphatic rings. The van der Waals surface area contributed by atoms with Crippen molar-refractivity contribution in [1.82, 2.24) is 23.1 Å². The van der Waals surface area contributed by atoms with Gasteiger partial charge in [-0.3, -0.25) is 23.3 Å². The molecule has 3 aromatic heterocycles. The zero-order chi connectivity index (χ0) is 23.2. The van der Waals surface area contributed by atoms with Crippen molar-refractivity contribution >= 4 is 16.9 Å². The van der Waals surface area contributed by atoms with Gasteiger partial charge in [-0.25, -0.2) is 13.6 Å². The lowest BCUT2D eigenvalue weighted by molar-refractivity contribution is 0.411. The van der Waals surface area contributed by atoms with Gasteiger partial charge in [-0.1, -0.05) is 25.5 Å². The van der Waals surface area contributed by atoms with E-state index in [1.165, 1.54) is 25.7 Å². The monoisotopic (exact) mass is 441 g/mol. The lowest BCUT2D eigenvalue weighted by Crippen LogP contribution is -2.40. The maximum absolute atomic E-state index is 13.4. The van der Waals surface area contributed by atoms with E-state index in [0.717, 1.165) is 4.57 Å². The summed E-state index contributed by atoms with van der Waals surface area (Å²) in [6.07, 6.45) is 0.884. The normalized spacial score (nSPS) is 11.6. The molecule has 0 bridgehead atoms. The standard InChI is InChI=1S/C22H24FN5O4/c1-4-7-15-18(29)27(12-13-8-10-14(23)11-9-13)21-24-17-16(28(21)19(15)30)20(31)26(6-3)22(32)25(17)5-2/h8-11,29H,4-7,12H2,1-3H3. The van der Waals surface area contributed by atoms with Crippen LogP contribution < -0.4 is 16.8 Å². The Balaban J connectivity index is 2.19. The zero-order valence-corrected chi connectivity index (χ0v) is 18.1. The summed E-state index contributed by atoms with van der Waals surface area (Å²) in [4.78, 5) is 43.8. The van der Waals surface area contributed by atoms with Crippen LogP contribution in [0.5, 0.6) is 5.88 Å². The third kappa shape index (κ3) is 3.14. The van der Waals surface area contributed by atoms with E-state index >= 15 is 0 Å². The van der Waals surface area contributed by atoms with Gasteiger partial charge in [-0.15, -0.1) is 0 Å². The summed E-state index contributed by atoms with van der Waals surface area (Å²) < 4.78 is 18.4. The summed E-state index contributed by atoms with van der Waals surface area (Å²) in [6, 6.07) is 5.74. The summed E-state index contributed by atoms with van der Waals surface area (Å²) in [6.45, 7) is 5.79. The van der Waals surface area contributed by atoms with E-state index in [0.29, 0.717) is 18.4 Å². The van der Waals surface area contributed by atoms with Crippen molar-refractivity contribution in [2.45, 2.75) is 53.2 Å². The summed E-state index contributed by atoms with van der Waals surface area (Å²) in [5.74, 6) is -0.613. The van der Waals surface area contributed by atoms with Gasteiger partial charge in [0.05, 0.1) is 12.1 Å². The predicted octanol–water partition coefficient (Wildman–Crippen LogP) is 1.86. The number of benzene rings is 1. The first kappa shape index (κ1) is 21.5. The predicted molar refractivity (Wildman–Crippen MR) is 118 cm³/mol. The highest BCUT2D eigenvalue weighted by atomic mass is 19.1. The molecule has 1 aromatic carbocycles. The smallest absolute Gasteiger partial charge is 0.332 e. The van der Waals surface area contributed by atoms with Crippen LogP contribution in [0.2, 0.25) is 0 Å². The molecule has 10 heteroatoms. The molecule has 4 aromatic rings. The van der Waals surface area contributed by atoms with E-state index in [1.807, 2.05) is 6.92 Å². The van der Waals surface area contributed by atoms with E-state index in [4.69, 9.17) is 0 Å². The second kappa shape index (κ2) is 8.10. The van der Waals surface area contributed by atoms with Gasteiger partial charge < -0.3 is 5.11 Å². The fourth-order valence-corrected chi connectivity index (χ4v) is 4.04. The Hall–Kier alpha value is -3.69. The largest absolute Gasteiger partial charge is 0.494 e. The van der Waals surface area contributed by atoms with E-state index < -0.39 is 22.6 Å². The van der Waals surface area contributed by atoms with Crippen LogP contribution in [0, 0.1) is 5.82 Å². The average Bonchev–Trinajstić information content (AvgIpc) is 3.17. The number of hydrogen-bond donors (Lipinski definition) is 1. The van der Waals surface area contributed by atoms with Gasteiger partial charge in [0.2, 0.25) is 11.7 Å². The minimum absolute atomic E-state index is 0.00138. The lowest BCUT2D eigenvalue weighted by Gasteiger charge is -2.14. The number of hydrogen-bond acceptors (Lipinski definition) is 5. The van der Waals surface area contributed by atoms with E-state index in [-0.39, 0.29) is 48.0 Å². The second-order valence-electron chi connectivity index (χ2n) is 7.57. The molecule has 0 saturated heterocycles. The molecule has 9 nitrogen and oxygen atoms in total. The number of rotatable bonds is 6. The number of nitrogens with zero attached hydrogens (tertiary/aromatic N) is 5. The van der Waals surface area contributed by atoms with Gasteiger partial charge in [0.1, 0.15) is 5.82 Å². The maximum atomic E-state index is 13.4. The van der Waals surface area contributed by atoms with Crippen molar-refractivity contribution in [3.05, 3.63) is 72.4 Å². The minimum atomic E-state index is -0.608. The van der Waals surface area contributed by atoms with E-state index in [9.17, 15) is 23.9 Å². The van der Waals surface area contributed by atoms with Gasteiger partial charge in [-0.05, 0) is 38.0 Å². The molecular formula is C22H24FN5O4. The Morgan fingerprint density at radius 1 is 0.938 bits per heavy atom. The van der Waals surface area contributed by atoms with Crippen LogP contribution in [-0.4, -0.2) is 28.2 Å². The molecule has 0 spiro atoms. The first-order valence-electron chi connectivity index (χ1n) is 10.6. The topological polar surface area (TPSA) is 104 Å². The highest BCUT2D eigenvalue weighted by Gasteiger charge is 2.24. The molecule has 0 unspecified atom stereocenters. The third-order valence-corrected chi connectivity index (χ3v) is 5.62. The van der Waals surface area contributed by atoms with Gasteiger partial charge in [0.15, 0.2) is 11.2 Å². The molecule has 0 radical (unpaired) electrons. The molecule has 0 fully saturated rings. The van der Waals surface area contributed by atoms with Gasteiger partial charge in [-0.2, -0.15) is 4.98 Å². The minimum Gasteiger partial charge on any atom is -0.494 e. The highest BCUT2D eigenvalue weighted by Crippen LogP contribution is 2.22. The second-order valence-corrected chi connectivity index (χ2v) is 7.57. The van der Waals surface area contributed by atoms with Crippen molar-refractivity contribution < 1.29 is 9.50 Å². The van der Waals surface area contributed by atoms with Gasteiger partial charge >= 0.3 is 5.69 Å². The van der Waals surface area contributed by atoms with Crippen LogP contribution in [0.15, 0.2) is 38.6 Å². The summed E-state index contributed by atoms with van der Waals surface area (Å²) in [5, 5.41) is 11.0. The van der Waals surface area contributed by atoms with Gasteiger partial charge in [0.25, 0.3) is 11.1 Å². The van der Waals surface area contributed by atoms with Crippen molar-refractivity contribution in [3.63, 3.8) is 0 Å². The van der Waals surface area contributed by atoms with Crippen molar-refractivity contribution in [2.75, 3.05) is 0 Å². The summed E-state index contributed by atoms with van der Waals surface area (Å²) >= 11 is 0. The highest BCUT2D eigenvalue weighted by molar-refractivity contribution is 5.75. The SMILES string of the molecule is CCCc1c(O)n(Cc2ccc(F)cc2)c2nc3c(c(=O)n(CC)c(=O)n3CC)n2c1=O. The van der Waals surface area contributed by atoms with E-state index in [2.05, 4.69) is 4.98 Å². The molecule has 1 N–H and O–H groups in total. The molecule has 0 aliphatic carbocycles. The molecule has 3 heterocycles. The van der Waals surface area contributed by atoms with Crippen LogP contribution in [0.3, 0.4) is 0 Å². The molecule has 0 amide bonds. The number of aromatic nitrogens is 5. The third-order valence-electron chi connectivity index (χ3n) is 5.62. The van der Waals surface area contributed by atoms with E-state index in [1.54, 1.807) is 26.0 Å². The fraction of sp³-hybridized carbons (Fsp3) is 0.364. The summed E-state index contributed by atoms with van der Waals surface area (Å²) in [5.41, 5.74) is -0.754. The molecule has 4 rings (SSSR count). The molecular weight excluding hydrogens is 417 g/mol. The van der Waals surface area contributed by atoms with Crippen LogP contribution in [0.1, 0.15) is 38.3 Å². The Morgan fingerprint density at radius 3 is 2.19 bits per heavy atom. The van der Waals surface area contributed by atoms with Crippen LogP contribution in [0.4, 0.5) is 4.39 Å². The Kier molecular flexibility index (Phi) is 5.45. The van der Waals surface area contributed by atoms with Crippen molar-refractivity contribution in [1.29, 1.82) is 0 Å². The average molecular weight is 441 g/mol. The lowest BCUT2D eigenvalue weighted by atomic mass is 10.1. The Labute approximate surface area is 181 Å². The number of halogens is 1. The van der Waals surface area contributed by atoms with Crippen molar-refractivity contribution in [2.24, 2.45) is 0 Å². The molecule has 0 saturated carbocycles. The fourth-order valence-electron chi connectivity index (χ4n) is 4.04. The number of fused-ring (bicyclic) bond motifs is 3. The number of aryl methyl sites for hydroxylation is 1.